The average molecular weight is 456 g/mol. The Kier molecular flexibility index (Phi) is 6.73. The van der Waals surface area contributed by atoms with Crippen molar-refractivity contribution in [2.75, 3.05) is 13.1 Å². The van der Waals surface area contributed by atoms with E-state index in [1.165, 1.54) is 24.3 Å². The summed E-state index contributed by atoms with van der Waals surface area (Å²) in [5, 5.41) is 12.6. The van der Waals surface area contributed by atoms with Crippen LogP contribution in [0.1, 0.15) is 35.6 Å². The summed E-state index contributed by atoms with van der Waals surface area (Å²) in [6, 6.07) is 9.84. The zero-order chi connectivity index (χ0) is 22.8. The second-order valence-corrected chi connectivity index (χ2v) is 9.32. The Morgan fingerprint density at radius 1 is 1.19 bits per heavy atom. The molecule has 0 spiro atoms. The molecule has 2 atom stereocenters. The van der Waals surface area contributed by atoms with Crippen LogP contribution in [0, 0.1) is 6.92 Å². The normalized spacial score (nSPS) is 18.7. The van der Waals surface area contributed by atoms with Gasteiger partial charge < -0.3 is 10.4 Å². The van der Waals surface area contributed by atoms with Crippen LogP contribution in [-0.2, 0) is 21.0 Å². The topological polar surface area (TPSA) is 86.7 Å². The van der Waals surface area contributed by atoms with Gasteiger partial charge in [-0.1, -0.05) is 35.9 Å². The van der Waals surface area contributed by atoms with Gasteiger partial charge in [0, 0.05) is 13.1 Å². The van der Waals surface area contributed by atoms with Gasteiger partial charge in [0.25, 0.3) is 0 Å². The van der Waals surface area contributed by atoms with Crippen LogP contribution in [0.3, 0.4) is 0 Å². The second-order valence-electron chi connectivity index (χ2n) is 7.43. The SMILES string of the molecule is Cc1ccc(S(=O)(=O)N2CCC[C@H]2C(=O)NCC(O)c2ccccc2C(F)(F)F)cc1. The van der Waals surface area contributed by atoms with Gasteiger partial charge in [-0.3, -0.25) is 4.79 Å². The van der Waals surface area contributed by atoms with Crippen LogP contribution in [0.4, 0.5) is 13.2 Å². The molecule has 1 aliphatic heterocycles. The number of halogens is 3. The maximum absolute atomic E-state index is 13.1. The summed E-state index contributed by atoms with van der Waals surface area (Å²) in [5.74, 6) is -0.656. The molecule has 168 valence electrons. The molecule has 0 aliphatic carbocycles. The molecule has 31 heavy (non-hydrogen) atoms. The Morgan fingerprint density at radius 3 is 2.48 bits per heavy atom. The van der Waals surface area contributed by atoms with E-state index >= 15 is 0 Å². The smallest absolute Gasteiger partial charge is 0.387 e. The van der Waals surface area contributed by atoms with E-state index in [1.807, 2.05) is 6.92 Å². The van der Waals surface area contributed by atoms with E-state index in [0.717, 1.165) is 22.0 Å². The fraction of sp³-hybridized carbons (Fsp3) is 0.381. The van der Waals surface area contributed by atoms with Crippen molar-refractivity contribution in [3.63, 3.8) is 0 Å². The highest BCUT2D eigenvalue weighted by atomic mass is 32.2. The largest absolute Gasteiger partial charge is 0.416 e. The molecule has 2 aromatic rings. The maximum Gasteiger partial charge on any atom is 0.416 e. The predicted molar refractivity (Wildman–Crippen MR) is 108 cm³/mol. The van der Waals surface area contributed by atoms with E-state index in [0.29, 0.717) is 6.42 Å². The molecule has 0 saturated carbocycles. The predicted octanol–water partition coefficient (Wildman–Crippen LogP) is 3.02. The summed E-state index contributed by atoms with van der Waals surface area (Å²) in [4.78, 5) is 12.7. The number of aliphatic hydroxyl groups excluding tert-OH is 1. The number of rotatable bonds is 6. The summed E-state index contributed by atoms with van der Waals surface area (Å²) in [6.07, 6.45) is -5.48. The fourth-order valence-corrected chi connectivity index (χ4v) is 5.26. The minimum absolute atomic E-state index is 0.0666. The molecule has 1 aliphatic rings. The Labute approximate surface area is 178 Å². The summed E-state index contributed by atoms with van der Waals surface area (Å²) >= 11 is 0. The number of aliphatic hydroxyl groups is 1. The highest BCUT2D eigenvalue weighted by molar-refractivity contribution is 7.89. The van der Waals surface area contributed by atoms with Gasteiger partial charge in [0.2, 0.25) is 15.9 Å². The molecule has 1 amide bonds. The minimum Gasteiger partial charge on any atom is -0.387 e. The van der Waals surface area contributed by atoms with Gasteiger partial charge in [-0.25, -0.2) is 8.42 Å². The van der Waals surface area contributed by atoms with Crippen molar-refractivity contribution in [3.8, 4) is 0 Å². The van der Waals surface area contributed by atoms with Crippen LogP contribution in [-0.4, -0.2) is 42.9 Å². The second kappa shape index (κ2) is 8.97. The van der Waals surface area contributed by atoms with Crippen molar-refractivity contribution < 1.29 is 31.5 Å². The van der Waals surface area contributed by atoms with Gasteiger partial charge in [0.05, 0.1) is 16.6 Å². The van der Waals surface area contributed by atoms with E-state index in [-0.39, 0.29) is 23.4 Å². The number of nitrogens with one attached hydrogen (secondary N) is 1. The van der Waals surface area contributed by atoms with Crippen molar-refractivity contribution in [3.05, 3.63) is 65.2 Å². The van der Waals surface area contributed by atoms with Crippen LogP contribution in [0.2, 0.25) is 0 Å². The van der Waals surface area contributed by atoms with Gasteiger partial charge in [-0.2, -0.15) is 17.5 Å². The lowest BCUT2D eigenvalue weighted by Gasteiger charge is -2.24. The van der Waals surface area contributed by atoms with Crippen LogP contribution in [0.25, 0.3) is 0 Å². The average Bonchev–Trinajstić information content (AvgIpc) is 3.22. The molecule has 2 N–H and O–H groups in total. The summed E-state index contributed by atoms with van der Waals surface area (Å²) in [7, 11) is -3.91. The van der Waals surface area contributed by atoms with Crippen LogP contribution >= 0.6 is 0 Å². The Balaban J connectivity index is 1.71. The number of sulfonamides is 1. The zero-order valence-electron chi connectivity index (χ0n) is 16.8. The van der Waals surface area contributed by atoms with Crippen molar-refractivity contribution in [2.24, 2.45) is 0 Å². The van der Waals surface area contributed by atoms with Gasteiger partial charge in [-0.15, -0.1) is 0 Å². The number of hydrogen-bond donors (Lipinski definition) is 2. The number of benzene rings is 2. The summed E-state index contributed by atoms with van der Waals surface area (Å²) in [5.41, 5.74) is -0.449. The van der Waals surface area contributed by atoms with Gasteiger partial charge in [0.15, 0.2) is 0 Å². The van der Waals surface area contributed by atoms with Crippen LogP contribution in [0.5, 0.6) is 0 Å². The Bertz CT molecular complexity index is 1040. The van der Waals surface area contributed by atoms with Crippen LogP contribution < -0.4 is 5.32 Å². The standard InChI is InChI=1S/C21H23F3N2O4S/c1-14-8-10-15(11-9-14)31(29,30)26-12-4-7-18(26)20(28)25-13-19(27)16-5-2-3-6-17(16)21(22,23)24/h2-3,5-6,8-11,18-19,27H,4,7,12-13H2,1H3,(H,25,28)/t18-,19?/m0/s1. The number of aryl methyl sites for hydroxylation is 1. The molecule has 0 bridgehead atoms. The molecular weight excluding hydrogens is 433 g/mol. The summed E-state index contributed by atoms with van der Waals surface area (Å²) < 4.78 is 66.4. The first-order valence-electron chi connectivity index (χ1n) is 9.72. The van der Waals surface area contributed by atoms with Gasteiger partial charge in [0.1, 0.15) is 6.04 Å². The lowest BCUT2D eigenvalue weighted by atomic mass is 10.0. The number of hydrogen-bond acceptors (Lipinski definition) is 4. The first-order chi connectivity index (χ1) is 14.5. The van der Waals surface area contributed by atoms with Crippen LogP contribution in [0.15, 0.2) is 53.4 Å². The molecule has 1 heterocycles. The van der Waals surface area contributed by atoms with E-state index in [1.54, 1.807) is 12.1 Å². The fourth-order valence-electron chi connectivity index (χ4n) is 3.61. The number of carbonyl (C=O) groups excluding carboxylic acids is 1. The molecule has 6 nitrogen and oxygen atoms in total. The molecule has 0 radical (unpaired) electrons. The number of carbonyl (C=O) groups is 1. The molecule has 1 saturated heterocycles. The molecule has 1 unspecified atom stereocenters. The molecule has 0 aromatic heterocycles. The van der Waals surface area contributed by atoms with Gasteiger partial charge >= 0.3 is 6.18 Å². The Hall–Kier alpha value is -2.43. The van der Waals surface area contributed by atoms with Crippen molar-refractivity contribution >= 4 is 15.9 Å². The lowest BCUT2D eigenvalue weighted by molar-refractivity contribution is -0.139. The first-order valence-corrected chi connectivity index (χ1v) is 11.2. The van der Waals surface area contributed by atoms with E-state index < -0.39 is 46.4 Å². The maximum atomic E-state index is 13.1. The zero-order valence-corrected chi connectivity index (χ0v) is 17.6. The third-order valence-electron chi connectivity index (χ3n) is 5.23. The van der Waals surface area contributed by atoms with Crippen molar-refractivity contribution in [2.45, 2.75) is 43.0 Å². The highest BCUT2D eigenvalue weighted by Gasteiger charge is 2.40. The monoisotopic (exact) mass is 456 g/mol. The molecule has 1 fully saturated rings. The molecule has 3 rings (SSSR count). The number of nitrogens with zero attached hydrogens (tertiary/aromatic N) is 1. The summed E-state index contributed by atoms with van der Waals surface area (Å²) in [6.45, 7) is 1.51. The lowest BCUT2D eigenvalue weighted by Crippen LogP contribution is -2.46. The molecule has 2 aromatic carbocycles. The van der Waals surface area contributed by atoms with Crippen molar-refractivity contribution in [1.82, 2.24) is 9.62 Å². The van der Waals surface area contributed by atoms with E-state index in [2.05, 4.69) is 5.32 Å². The van der Waals surface area contributed by atoms with Gasteiger partial charge in [-0.05, 0) is 43.5 Å². The third-order valence-corrected chi connectivity index (χ3v) is 7.15. The first kappa shape index (κ1) is 23.2. The quantitative estimate of drug-likeness (QED) is 0.700. The molecule has 10 heteroatoms. The van der Waals surface area contributed by atoms with E-state index in [4.69, 9.17) is 0 Å². The number of amides is 1. The minimum atomic E-state index is -4.65. The Morgan fingerprint density at radius 2 is 1.84 bits per heavy atom. The van der Waals surface area contributed by atoms with E-state index in [9.17, 15) is 31.5 Å². The molecular formula is C21H23F3N2O4S. The highest BCUT2D eigenvalue weighted by Crippen LogP contribution is 2.34. The van der Waals surface area contributed by atoms with Crippen molar-refractivity contribution in [1.29, 1.82) is 0 Å². The third kappa shape index (κ3) is 5.08. The number of alkyl halides is 3.